The number of unbranched alkanes of at least 4 members (excludes halogenated alkanes) is 1. The number of rotatable bonds is 6. The molecule has 2 fully saturated rings. The topological polar surface area (TPSA) is 70.1 Å². The molecule has 30 heavy (non-hydrogen) atoms. The van der Waals surface area contributed by atoms with Gasteiger partial charge in [0.15, 0.2) is 0 Å². The van der Waals surface area contributed by atoms with Gasteiger partial charge in [0.2, 0.25) is 5.91 Å². The van der Waals surface area contributed by atoms with Crippen LogP contribution in [-0.4, -0.2) is 65.3 Å². The molecule has 0 spiro atoms. The van der Waals surface area contributed by atoms with Crippen molar-refractivity contribution in [3.8, 4) is 0 Å². The van der Waals surface area contributed by atoms with Crippen LogP contribution in [0.4, 0.5) is 4.79 Å². The molecule has 2 amide bonds. The second-order valence-electron chi connectivity index (χ2n) is 8.43. The Morgan fingerprint density at radius 2 is 1.67 bits per heavy atom. The summed E-state index contributed by atoms with van der Waals surface area (Å²) in [5.41, 5.74) is -0.159. The van der Waals surface area contributed by atoms with Crippen LogP contribution < -0.4 is 0 Å². The minimum atomic E-state index is -1.01. The van der Waals surface area contributed by atoms with Crippen molar-refractivity contribution in [2.24, 2.45) is 0 Å². The molecule has 1 aromatic rings. The maximum Gasteiger partial charge on any atom is 0.409 e. The number of halogens is 1. The summed E-state index contributed by atoms with van der Waals surface area (Å²) in [6.07, 6.45) is 5.80. The average Bonchev–Trinajstić information content (AvgIpc) is 2.76. The van der Waals surface area contributed by atoms with Crippen LogP contribution in [0.5, 0.6) is 0 Å². The first kappa shape index (κ1) is 23.1. The Hall–Kier alpha value is -1.60. The van der Waals surface area contributed by atoms with Crippen LogP contribution in [0.1, 0.15) is 63.4 Å². The van der Waals surface area contributed by atoms with Crippen LogP contribution in [-0.2, 0) is 9.53 Å². The minimum Gasteiger partial charge on any atom is -0.449 e. The molecule has 1 N–H and O–H groups in total. The molecule has 3 rings (SSSR count). The predicted octanol–water partition coefficient (Wildman–Crippen LogP) is 4.31. The minimum absolute atomic E-state index is 0.0410. The van der Waals surface area contributed by atoms with Crippen molar-refractivity contribution in [3.05, 3.63) is 34.3 Å². The van der Waals surface area contributed by atoms with Crippen LogP contribution in [0.25, 0.3) is 0 Å². The van der Waals surface area contributed by atoms with E-state index >= 15 is 0 Å². The molecule has 1 saturated carbocycles. The number of carbonyl (C=O) groups is 2. The van der Waals surface area contributed by atoms with E-state index in [1.165, 1.54) is 0 Å². The Kier molecular flexibility index (Phi) is 8.17. The molecule has 0 aromatic heterocycles. The van der Waals surface area contributed by atoms with E-state index in [1.54, 1.807) is 9.80 Å². The standard InChI is InChI=1S/C23H33BrN2O4/c1-2-3-17-30-22(28)26-15-13-25(14-16-26)21(27)20(18-7-9-19(24)10-8-18)23(29)11-5-4-6-12-23/h7-10,20,29H,2-6,11-17H2,1H3. The fraction of sp³-hybridized carbons (Fsp3) is 0.652. The molecular formula is C23H33BrN2O4. The highest BCUT2D eigenvalue weighted by Crippen LogP contribution is 2.41. The molecule has 1 heterocycles. The number of amides is 2. The first-order valence-electron chi connectivity index (χ1n) is 11.1. The smallest absolute Gasteiger partial charge is 0.409 e. The van der Waals surface area contributed by atoms with E-state index in [2.05, 4.69) is 22.9 Å². The number of hydrogen-bond donors (Lipinski definition) is 1. The molecule has 1 aliphatic carbocycles. The quantitative estimate of drug-likeness (QED) is 0.615. The summed E-state index contributed by atoms with van der Waals surface area (Å²) >= 11 is 3.45. The monoisotopic (exact) mass is 480 g/mol. The summed E-state index contributed by atoms with van der Waals surface area (Å²) in [5, 5.41) is 11.5. The lowest BCUT2D eigenvalue weighted by Crippen LogP contribution is -2.55. The second kappa shape index (κ2) is 10.6. The molecule has 1 atom stereocenters. The summed E-state index contributed by atoms with van der Waals surface area (Å²) in [4.78, 5) is 29.3. The van der Waals surface area contributed by atoms with Crippen molar-refractivity contribution in [1.29, 1.82) is 0 Å². The maximum absolute atomic E-state index is 13.6. The number of piperazine rings is 1. The van der Waals surface area contributed by atoms with E-state index in [1.807, 2.05) is 24.3 Å². The van der Waals surface area contributed by atoms with Crippen LogP contribution in [0.2, 0.25) is 0 Å². The lowest BCUT2D eigenvalue weighted by atomic mass is 9.72. The van der Waals surface area contributed by atoms with Crippen molar-refractivity contribution in [2.75, 3.05) is 32.8 Å². The van der Waals surface area contributed by atoms with Gasteiger partial charge in [0.05, 0.1) is 18.1 Å². The van der Waals surface area contributed by atoms with Crippen LogP contribution >= 0.6 is 15.9 Å². The largest absolute Gasteiger partial charge is 0.449 e. The van der Waals surface area contributed by atoms with E-state index < -0.39 is 11.5 Å². The summed E-state index contributed by atoms with van der Waals surface area (Å²) < 4.78 is 6.24. The molecule has 1 aromatic carbocycles. The van der Waals surface area contributed by atoms with E-state index in [0.717, 1.165) is 42.1 Å². The van der Waals surface area contributed by atoms with Gasteiger partial charge in [0.25, 0.3) is 0 Å². The normalized spacial score (nSPS) is 20.0. The van der Waals surface area contributed by atoms with E-state index in [9.17, 15) is 14.7 Å². The van der Waals surface area contributed by atoms with Gasteiger partial charge in [-0.25, -0.2) is 4.79 Å². The maximum atomic E-state index is 13.6. The number of nitrogens with zero attached hydrogens (tertiary/aromatic N) is 2. The number of benzene rings is 1. The highest BCUT2D eigenvalue weighted by Gasteiger charge is 2.45. The summed E-state index contributed by atoms with van der Waals surface area (Å²) in [6.45, 7) is 4.34. The summed E-state index contributed by atoms with van der Waals surface area (Å²) in [5.74, 6) is -0.616. The third kappa shape index (κ3) is 5.55. The molecule has 1 saturated heterocycles. The SMILES string of the molecule is CCCCOC(=O)N1CCN(C(=O)C(c2ccc(Br)cc2)C2(O)CCCCC2)CC1. The third-order valence-corrected chi connectivity index (χ3v) is 6.81. The molecule has 1 aliphatic heterocycles. The van der Waals surface area contributed by atoms with Gasteiger partial charge in [-0.2, -0.15) is 0 Å². The Morgan fingerprint density at radius 3 is 2.27 bits per heavy atom. The lowest BCUT2D eigenvalue weighted by molar-refractivity contribution is -0.143. The van der Waals surface area contributed by atoms with Crippen molar-refractivity contribution >= 4 is 27.9 Å². The first-order valence-corrected chi connectivity index (χ1v) is 11.9. The predicted molar refractivity (Wildman–Crippen MR) is 119 cm³/mol. The molecule has 1 unspecified atom stereocenters. The van der Waals surface area contributed by atoms with Gasteiger partial charge in [-0.1, -0.05) is 60.7 Å². The third-order valence-electron chi connectivity index (χ3n) is 6.28. The molecule has 0 radical (unpaired) electrons. The Morgan fingerprint density at radius 1 is 1.07 bits per heavy atom. The van der Waals surface area contributed by atoms with Crippen molar-refractivity contribution in [2.45, 2.75) is 63.4 Å². The van der Waals surface area contributed by atoms with E-state index in [4.69, 9.17) is 4.74 Å². The fourth-order valence-electron chi connectivity index (χ4n) is 4.48. The van der Waals surface area contributed by atoms with Crippen LogP contribution in [0.3, 0.4) is 0 Å². The second-order valence-corrected chi connectivity index (χ2v) is 9.34. The zero-order chi connectivity index (χ0) is 21.6. The number of aliphatic hydroxyl groups is 1. The summed E-state index contributed by atoms with van der Waals surface area (Å²) in [7, 11) is 0. The van der Waals surface area contributed by atoms with Gasteiger partial charge in [-0.15, -0.1) is 0 Å². The van der Waals surface area contributed by atoms with Gasteiger partial charge in [0.1, 0.15) is 0 Å². The van der Waals surface area contributed by atoms with Crippen LogP contribution in [0, 0.1) is 0 Å². The van der Waals surface area contributed by atoms with Crippen LogP contribution in [0.15, 0.2) is 28.7 Å². The summed E-state index contributed by atoms with van der Waals surface area (Å²) in [6, 6.07) is 7.71. The van der Waals surface area contributed by atoms with Crippen molar-refractivity contribution in [3.63, 3.8) is 0 Å². The van der Waals surface area contributed by atoms with Gasteiger partial charge in [-0.3, -0.25) is 4.79 Å². The Bertz CT molecular complexity index is 710. The molecular weight excluding hydrogens is 448 g/mol. The highest BCUT2D eigenvalue weighted by atomic mass is 79.9. The number of carbonyl (C=O) groups excluding carboxylic acids is 2. The lowest BCUT2D eigenvalue weighted by Gasteiger charge is -2.42. The van der Waals surface area contributed by atoms with Gasteiger partial charge in [0, 0.05) is 30.7 Å². The first-order chi connectivity index (χ1) is 14.4. The highest BCUT2D eigenvalue weighted by molar-refractivity contribution is 9.10. The zero-order valence-electron chi connectivity index (χ0n) is 17.8. The molecule has 166 valence electrons. The van der Waals surface area contributed by atoms with Gasteiger partial charge < -0.3 is 19.6 Å². The van der Waals surface area contributed by atoms with Crippen molar-refractivity contribution < 1.29 is 19.4 Å². The molecule has 2 aliphatic rings. The fourth-order valence-corrected chi connectivity index (χ4v) is 4.74. The van der Waals surface area contributed by atoms with Gasteiger partial charge >= 0.3 is 6.09 Å². The average molecular weight is 481 g/mol. The number of hydrogen-bond acceptors (Lipinski definition) is 4. The molecule has 7 heteroatoms. The molecule has 0 bridgehead atoms. The Balaban J connectivity index is 1.69. The molecule has 6 nitrogen and oxygen atoms in total. The van der Waals surface area contributed by atoms with E-state index in [0.29, 0.717) is 45.6 Å². The van der Waals surface area contributed by atoms with Gasteiger partial charge in [-0.05, 0) is 37.0 Å². The zero-order valence-corrected chi connectivity index (χ0v) is 19.4. The number of ether oxygens (including phenoxy) is 1. The van der Waals surface area contributed by atoms with Crippen molar-refractivity contribution in [1.82, 2.24) is 9.80 Å². The van der Waals surface area contributed by atoms with E-state index in [-0.39, 0.29) is 12.0 Å². The Labute approximate surface area is 187 Å².